The molecule has 0 aliphatic carbocycles. The van der Waals surface area contributed by atoms with E-state index in [4.69, 9.17) is 25.4 Å². The Bertz CT molecular complexity index is 608. The van der Waals surface area contributed by atoms with Crippen molar-refractivity contribution in [3.05, 3.63) is 35.4 Å². The van der Waals surface area contributed by atoms with Gasteiger partial charge in [0.2, 0.25) is 0 Å². The zero-order valence-electron chi connectivity index (χ0n) is 15.6. The maximum Gasteiger partial charge on any atom is 0.451 e. The van der Waals surface area contributed by atoms with Crippen molar-refractivity contribution in [1.29, 1.82) is 0 Å². The standard InChI is InChI=1S/C17H26BF3N2O2.CO2/c19-17(20,21)15-6-4-13(5-7-15)11-23-10-8-14(12-23)16(22)3-1-2-9-18(24)25;2-1-3/h4-7,14,16,24-25H,1-3,8-12,22H2;. The lowest BCUT2D eigenvalue weighted by Gasteiger charge is -2.21. The molecular weight excluding hydrogens is 376 g/mol. The van der Waals surface area contributed by atoms with Gasteiger partial charge in [0, 0.05) is 19.1 Å². The van der Waals surface area contributed by atoms with Crippen molar-refractivity contribution in [2.24, 2.45) is 11.7 Å². The average Bonchev–Trinajstić information content (AvgIpc) is 3.07. The summed E-state index contributed by atoms with van der Waals surface area (Å²) in [6.45, 7) is 2.39. The van der Waals surface area contributed by atoms with E-state index in [1.807, 2.05) is 0 Å². The minimum Gasteiger partial charge on any atom is -0.427 e. The highest BCUT2D eigenvalue weighted by Gasteiger charge is 2.30. The van der Waals surface area contributed by atoms with Crippen LogP contribution in [0.1, 0.15) is 36.8 Å². The molecule has 6 nitrogen and oxygen atoms in total. The molecule has 0 spiro atoms. The van der Waals surface area contributed by atoms with Crippen LogP contribution in [-0.4, -0.2) is 47.3 Å². The van der Waals surface area contributed by atoms with Crippen molar-refractivity contribution in [2.75, 3.05) is 13.1 Å². The molecule has 28 heavy (non-hydrogen) atoms. The molecule has 10 heteroatoms. The molecule has 0 saturated carbocycles. The van der Waals surface area contributed by atoms with E-state index in [1.165, 1.54) is 12.1 Å². The average molecular weight is 402 g/mol. The van der Waals surface area contributed by atoms with Crippen LogP contribution in [0.5, 0.6) is 0 Å². The number of rotatable bonds is 8. The number of nitrogens with zero attached hydrogens (tertiary/aromatic N) is 1. The molecule has 1 aromatic rings. The van der Waals surface area contributed by atoms with Crippen molar-refractivity contribution in [3.8, 4) is 0 Å². The highest BCUT2D eigenvalue weighted by atomic mass is 19.4. The zero-order valence-corrected chi connectivity index (χ0v) is 15.6. The van der Waals surface area contributed by atoms with Gasteiger partial charge in [-0.25, -0.2) is 0 Å². The van der Waals surface area contributed by atoms with Crippen molar-refractivity contribution in [1.82, 2.24) is 4.90 Å². The van der Waals surface area contributed by atoms with Crippen LogP contribution >= 0.6 is 0 Å². The summed E-state index contributed by atoms with van der Waals surface area (Å²) in [7, 11) is -1.25. The van der Waals surface area contributed by atoms with Gasteiger partial charge in [-0.2, -0.15) is 22.8 Å². The lowest BCUT2D eigenvalue weighted by Crippen LogP contribution is -2.32. The summed E-state index contributed by atoms with van der Waals surface area (Å²) in [5.74, 6) is 0.383. The van der Waals surface area contributed by atoms with Gasteiger partial charge in [-0.05, 0) is 49.3 Å². The number of likely N-dealkylation sites (tertiary alicyclic amines) is 1. The van der Waals surface area contributed by atoms with Crippen molar-refractivity contribution >= 4 is 13.3 Å². The van der Waals surface area contributed by atoms with Gasteiger partial charge in [0.1, 0.15) is 0 Å². The number of nitrogens with two attached hydrogens (primary N) is 1. The quantitative estimate of drug-likeness (QED) is 0.454. The fourth-order valence-corrected chi connectivity index (χ4v) is 3.36. The lowest BCUT2D eigenvalue weighted by atomic mass is 9.82. The number of alkyl halides is 3. The molecule has 2 unspecified atom stereocenters. The predicted octanol–water partition coefficient (Wildman–Crippen LogP) is 1.91. The van der Waals surface area contributed by atoms with Gasteiger partial charge < -0.3 is 15.8 Å². The van der Waals surface area contributed by atoms with E-state index in [0.29, 0.717) is 18.8 Å². The van der Waals surface area contributed by atoms with E-state index < -0.39 is 18.9 Å². The second kappa shape index (κ2) is 12.0. The first-order chi connectivity index (χ1) is 13.2. The predicted molar refractivity (Wildman–Crippen MR) is 96.7 cm³/mol. The van der Waals surface area contributed by atoms with Gasteiger partial charge in [0.05, 0.1) is 5.56 Å². The second-order valence-electron chi connectivity index (χ2n) is 6.99. The summed E-state index contributed by atoms with van der Waals surface area (Å²) in [5, 5.41) is 17.6. The van der Waals surface area contributed by atoms with Crippen molar-refractivity contribution in [3.63, 3.8) is 0 Å². The summed E-state index contributed by atoms with van der Waals surface area (Å²) in [4.78, 5) is 18.5. The molecule has 1 saturated heterocycles. The van der Waals surface area contributed by atoms with E-state index in [-0.39, 0.29) is 12.2 Å². The van der Waals surface area contributed by atoms with Crippen LogP contribution in [0.25, 0.3) is 0 Å². The van der Waals surface area contributed by atoms with Crippen LogP contribution in [0.15, 0.2) is 24.3 Å². The molecule has 2 rings (SSSR count). The largest absolute Gasteiger partial charge is 0.451 e. The minimum absolute atomic E-state index is 0.0773. The summed E-state index contributed by atoms with van der Waals surface area (Å²) in [6.07, 6.45) is -0.217. The van der Waals surface area contributed by atoms with E-state index in [9.17, 15) is 13.2 Å². The van der Waals surface area contributed by atoms with E-state index in [1.54, 1.807) is 0 Å². The molecule has 0 bridgehead atoms. The molecule has 1 heterocycles. The van der Waals surface area contributed by atoms with Gasteiger partial charge in [-0.3, -0.25) is 4.90 Å². The molecule has 1 aliphatic rings. The first kappa shape index (κ1) is 24.3. The zero-order chi connectivity index (χ0) is 21.2. The van der Waals surface area contributed by atoms with Crippen LogP contribution in [0.4, 0.5) is 13.2 Å². The fraction of sp³-hybridized carbons (Fsp3) is 0.611. The molecule has 4 N–H and O–H groups in total. The first-order valence-corrected chi connectivity index (χ1v) is 9.16. The number of hydrogen-bond acceptors (Lipinski definition) is 6. The number of hydrogen-bond donors (Lipinski definition) is 3. The minimum atomic E-state index is -4.30. The number of unbranched alkanes of at least 4 members (excludes halogenated alkanes) is 1. The number of carbonyl (C=O) groups excluding carboxylic acids is 2. The smallest absolute Gasteiger partial charge is 0.427 e. The van der Waals surface area contributed by atoms with Gasteiger partial charge in [-0.1, -0.05) is 25.0 Å². The summed E-state index contributed by atoms with van der Waals surface area (Å²) in [6, 6.07) is 5.41. The Balaban J connectivity index is 0.00000122. The Morgan fingerprint density at radius 1 is 1.21 bits per heavy atom. The summed E-state index contributed by atoms with van der Waals surface area (Å²) < 4.78 is 37.8. The van der Waals surface area contributed by atoms with E-state index in [2.05, 4.69) is 4.90 Å². The Labute approximate surface area is 162 Å². The van der Waals surface area contributed by atoms with Crippen molar-refractivity contribution in [2.45, 2.75) is 50.8 Å². The summed E-state index contributed by atoms with van der Waals surface area (Å²) >= 11 is 0. The topological polar surface area (TPSA) is 104 Å². The molecule has 156 valence electrons. The maximum atomic E-state index is 12.6. The normalized spacial score (nSPS) is 18.1. The molecule has 2 atom stereocenters. The number of halogens is 3. The summed E-state index contributed by atoms with van der Waals surface area (Å²) in [5.41, 5.74) is 6.50. The molecule has 0 amide bonds. The fourth-order valence-electron chi connectivity index (χ4n) is 3.36. The maximum absolute atomic E-state index is 12.6. The first-order valence-electron chi connectivity index (χ1n) is 9.16. The Hall–Kier alpha value is -1.71. The third kappa shape index (κ3) is 8.99. The van der Waals surface area contributed by atoms with Crippen LogP contribution in [0.3, 0.4) is 0 Å². The van der Waals surface area contributed by atoms with Gasteiger partial charge in [0.15, 0.2) is 0 Å². The third-order valence-corrected chi connectivity index (χ3v) is 4.85. The monoisotopic (exact) mass is 402 g/mol. The highest BCUT2D eigenvalue weighted by Crippen LogP contribution is 2.29. The SMILES string of the molecule is NC(CCCCB(O)O)C1CCN(Cc2ccc(C(F)(F)F)cc2)C1.O=C=O. The molecule has 0 radical (unpaired) electrons. The number of benzene rings is 1. The van der Waals surface area contributed by atoms with Crippen molar-refractivity contribution < 1.29 is 32.8 Å². The lowest BCUT2D eigenvalue weighted by molar-refractivity contribution is -0.191. The molecule has 1 aliphatic heterocycles. The van der Waals surface area contributed by atoms with Gasteiger partial charge >= 0.3 is 19.4 Å². The molecule has 1 fully saturated rings. The molecular formula is C18H26BF3N2O4. The van der Waals surface area contributed by atoms with Gasteiger partial charge in [0.25, 0.3) is 0 Å². The van der Waals surface area contributed by atoms with Crippen LogP contribution in [0.2, 0.25) is 6.32 Å². The Morgan fingerprint density at radius 3 is 2.36 bits per heavy atom. The van der Waals surface area contributed by atoms with E-state index >= 15 is 0 Å². The Kier molecular flexibility index (Phi) is 10.4. The molecule has 0 aromatic heterocycles. The third-order valence-electron chi connectivity index (χ3n) is 4.85. The van der Waals surface area contributed by atoms with Crippen LogP contribution in [0, 0.1) is 5.92 Å². The second-order valence-corrected chi connectivity index (χ2v) is 6.99. The van der Waals surface area contributed by atoms with Crippen LogP contribution < -0.4 is 5.73 Å². The van der Waals surface area contributed by atoms with E-state index in [0.717, 1.165) is 56.5 Å². The van der Waals surface area contributed by atoms with Gasteiger partial charge in [-0.15, -0.1) is 0 Å². The Morgan fingerprint density at radius 2 is 1.82 bits per heavy atom. The highest BCUT2D eigenvalue weighted by molar-refractivity contribution is 6.40. The van der Waals surface area contributed by atoms with Crippen LogP contribution in [-0.2, 0) is 22.3 Å². The molecule has 1 aromatic carbocycles.